The van der Waals surface area contributed by atoms with Crippen LogP contribution >= 0.6 is 0 Å². The Balaban J connectivity index is 1.98. The summed E-state index contributed by atoms with van der Waals surface area (Å²) < 4.78 is 5.52. The lowest BCUT2D eigenvalue weighted by molar-refractivity contribution is -0.139. The zero-order valence-corrected chi connectivity index (χ0v) is 24.4. The van der Waals surface area contributed by atoms with E-state index in [1.807, 2.05) is 43.0 Å². The maximum absolute atomic E-state index is 13.5. The van der Waals surface area contributed by atoms with Crippen molar-refractivity contribution in [2.45, 2.75) is 65.5 Å². The predicted molar refractivity (Wildman–Crippen MR) is 153 cm³/mol. The van der Waals surface area contributed by atoms with E-state index >= 15 is 0 Å². The number of amides is 4. The number of esters is 1. The number of nitrogens with zero attached hydrogens (tertiary/aromatic N) is 3. The Morgan fingerprint density at radius 2 is 1.87 bits per heavy atom. The van der Waals surface area contributed by atoms with Crippen LogP contribution in [0.25, 0.3) is 0 Å². The molecule has 2 atom stereocenters. The quantitative estimate of drug-likeness (QED) is 0.363. The number of hydrogen-bond donors (Lipinski definition) is 2. The topological polar surface area (TPSA) is 94.2 Å². The van der Waals surface area contributed by atoms with Gasteiger partial charge in [0, 0.05) is 51.0 Å². The molecule has 1 aromatic carbocycles. The van der Waals surface area contributed by atoms with Gasteiger partial charge in [0.15, 0.2) is 0 Å². The number of nitrogens with one attached hydrogen (secondary N) is 2. The SMILES string of the molecule is C=CCN1C(=O)NC(c2ccc(C(C)(C)C)cc2)C(C(=O)OCC)=C1CN1CCN(C(=O)NCCC)C(C)C1. The van der Waals surface area contributed by atoms with Gasteiger partial charge >= 0.3 is 18.0 Å². The Hall–Kier alpha value is -3.33. The summed E-state index contributed by atoms with van der Waals surface area (Å²) in [6.07, 6.45) is 2.53. The average Bonchev–Trinajstić information content (AvgIpc) is 2.88. The van der Waals surface area contributed by atoms with Crippen molar-refractivity contribution in [2.24, 2.45) is 0 Å². The summed E-state index contributed by atoms with van der Waals surface area (Å²) in [5, 5.41) is 5.99. The molecule has 2 heterocycles. The van der Waals surface area contributed by atoms with Crippen molar-refractivity contribution in [3.63, 3.8) is 0 Å². The monoisotopic (exact) mass is 539 g/mol. The summed E-state index contributed by atoms with van der Waals surface area (Å²) in [7, 11) is 0. The van der Waals surface area contributed by atoms with E-state index in [4.69, 9.17) is 4.74 Å². The van der Waals surface area contributed by atoms with Gasteiger partial charge in [0.2, 0.25) is 0 Å². The van der Waals surface area contributed by atoms with E-state index in [0.29, 0.717) is 44.0 Å². The van der Waals surface area contributed by atoms with Crippen molar-refractivity contribution >= 4 is 18.0 Å². The number of benzene rings is 1. The molecule has 0 saturated carbocycles. The number of ether oxygens (including phenoxy) is 1. The predicted octanol–water partition coefficient (Wildman–Crippen LogP) is 4.18. The second-order valence-corrected chi connectivity index (χ2v) is 11.2. The molecule has 4 amide bonds. The largest absolute Gasteiger partial charge is 0.463 e. The summed E-state index contributed by atoms with van der Waals surface area (Å²) in [5.41, 5.74) is 3.00. The van der Waals surface area contributed by atoms with Crippen molar-refractivity contribution in [3.05, 3.63) is 59.3 Å². The summed E-state index contributed by atoms with van der Waals surface area (Å²) in [5.74, 6) is -0.447. The number of rotatable bonds is 9. The van der Waals surface area contributed by atoms with Gasteiger partial charge in [-0.05, 0) is 36.8 Å². The van der Waals surface area contributed by atoms with Crippen LogP contribution in [0, 0.1) is 0 Å². The van der Waals surface area contributed by atoms with E-state index in [9.17, 15) is 14.4 Å². The molecule has 1 saturated heterocycles. The van der Waals surface area contributed by atoms with E-state index < -0.39 is 12.0 Å². The van der Waals surface area contributed by atoms with Crippen molar-refractivity contribution < 1.29 is 19.1 Å². The van der Waals surface area contributed by atoms with Crippen LogP contribution in [0.1, 0.15) is 65.1 Å². The lowest BCUT2D eigenvalue weighted by Gasteiger charge is -2.42. The molecule has 0 aromatic heterocycles. The number of urea groups is 2. The Morgan fingerprint density at radius 3 is 2.44 bits per heavy atom. The third kappa shape index (κ3) is 7.20. The molecule has 2 unspecified atom stereocenters. The Bertz CT molecular complexity index is 1080. The molecule has 0 spiro atoms. The van der Waals surface area contributed by atoms with Gasteiger partial charge in [-0.3, -0.25) is 9.80 Å². The van der Waals surface area contributed by atoms with Crippen molar-refractivity contribution in [1.82, 2.24) is 25.3 Å². The zero-order valence-electron chi connectivity index (χ0n) is 24.4. The van der Waals surface area contributed by atoms with Gasteiger partial charge in [0.25, 0.3) is 0 Å². The number of hydrogen-bond acceptors (Lipinski definition) is 5. The Morgan fingerprint density at radius 1 is 1.18 bits per heavy atom. The molecule has 39 heavy (non-hydrogen) atoms. The van der Waals surface area contributed by atoms with Gasteiger partial charge in [-0.1, -0.05) is 58.0 Å². The minimum Gasteiger partial charge on any atom is -0.463 e. The molecule has 2 N–H and O–H groups in total. The second kappa shape index (κ2) is 13.2. The molecule has 0 aliphatic carbocycles. The highest BCUT2D eigenvalue weighted by Gasteiger charge is 2.39. The van der Waals surface area contributed by atoms with Gasteiger partial charge in [0.1, 0.15) is 0 Å². The van der Waals surface area contributed by atoms with Crippen LogP contribution in [-0.4, -0.2) is 84.6 Å². The molecule has 2 aliphatic heterocycles. The van der Waals surface area contributed by atoms with E-state index in [2.05, 4.69) is 42.9 Å². The summed E-state index contributed by atoms with van der Waals surface area (Å²) in [6.45, 7) is 19.4. The molecule has 0 radical (unpaired) electrons. The smallest absolute Gasteiger partial charge is 0.338 e. The van der Waals surface area contributed by atoms with E-state index in [1.54, 1.807) is 17.9 Å². The zero-order chi connectivity index (χ0) is 28.7. The highest BCUT2D eigenvalue weighted by molar-refractivity contribution is 5.95. The molecular weight excluding hydrogens is 494 g/mol. The van der Waals surface area contributed by atoms with E-state index in [1.165, 1.54) is 5.56 Å². The van der Waals surface area contributed by atoms with Gasteiger partial charge in [-0.25, -0.2) is 14.4 Å². The van der Waals surface area contributed by atoms with Crippen molar-refractivity contribution in [1.29, 1.82) is 0 Å². The fourth-order valence-corrected chi connectivity index (χ4v) is 5.09. The molecule has 1 fully saturated rings. The number of carbonyl (C=O) groups excluding carboxylic acids is 3. The Labute approximate surface area is 233 Å². The third-order valence-electron chi connectivity index (χ3n) is 7.23. The first-order valence-electron chi connectivity index (χ1n) is 14.0. The maximum Gasteiger partial charge on any atom is 0.338 e. The van der Waals surface area contributed by atoms with Crippen LogP contribution in [0.2, 0.25) is 0 Å². The van der Waals surface area contributed by atoms with Crippen molar-refractivity contribution in [3.8, 4) is 0 Å². The van der Waals surface area contributed by atoms with Gasteiger partial charge in [-0.15, -0.1) is 6.58 Å². The Kier molecular flexibility index (Phi) is 10.2. The molecule has 3 rings (SSSR count). The van der Waals surface area contributed by atoms with E-state index in [0.717, 1.165) is 12.0 Å². The molecule has 2 aliphatic rings. The van der Waals surface area contributed by atoms with Crippen LogP contribution in [0.4, 0.5) is 9.59 Å². The minimum atomic E-state index is -0.639. The second-order valence-electron chi connectivity index (χ2n) is 11.2. The molecule has 9 heteroatoms. The normalized spacial score (nSPS) is 20.5. The van der Waals surface area contributed by atoms with Crippen LogP contribution in [0.15, 0.2) is 48.2 Å². The maximum atomic E-state index is 13.5. The lowest BCUT2D eigenvalue weighted by atomic mass is 9.85. The fraction of sp³-hybridized carbons (Fsp3) is 0.567. The number of carbonyl (C=O) groups is 3. The molecule has 0 bridgehead atoms. The van der Waals surface area contributed by atoms with Crippen LogP contribution in [0.5, 0.6) is 0 Å². The molecule has 214 valence electrons. The first-order chi connectivity index (χ1) is 18.5. The molecule has 1 aromatic rings. The average molecular weight is 540 g/mol. The first kappa shape index (κ1) is 30.2. The minimum absolute atomic E-state index is 0.0201. The first-order valence-corrected chi connectivity index (χ1v) is 14.0. The van der Waals surface area contributed by atoms with Gasteiger partial charge in [-0.2, -0.15) is 0 Å². The summed E-state index contributed by atoms with van der Waals surface area (Å²) in [4.78, 5) is 45.0. The van der Waals surface area contributed by atoms with Gasteiger partial charge in [0.05, 0.1) is 18.2 Å². The van der Waals surface area contributed by atoms with Gasteiger partial charge < -0.3 is 20.3 Å². The fourth-order valence-electron chi connectivity index (χ4n) is 5.09. The van der Waals surface area contributed by atoms with E-state index in [-0.39, 0.29) is 36.7 Å². The molecular formula is C30H45N5O4. The standard InChI is InChI=1S/C30H45N5O4/c1-8-15-31-28(37)34-18-17-33(19-21(34)4)20-24-25(27(36)39-10-3)26(32-29(38)35(24)16-9-2)22-11-13-23(14-12-22)30(5,6)7/h9,11-14,21,26H,2,8,10,15-20H2,1,3-7H3,(H,31,37)(H,32,38). The lowest BCUT2D eigenvalue weighted by Crippen LogP contribution is -2.58. The van der Waals surface area contributed by atoms with Crippen LogP contribution < -0.4 is 10.6 Å². The van der Waals surface area contributed by atoms with Crippen molar-refractivity contribution in [2.75, 3.05) is 45.9 Å². The highest BCUT2D eigenvalue weighted by atomic mass is 16.5. The summed E-state index contributed by atoms with van der Waals surface area (Å²) >= 11 is 0. The number of piperazine rings is 1. The highest BCUT2D eigenvalue weighted by Crippen LogP contribution is 2.33. The van der Waals surface area contributed by atoms with Crippen LogP contribution in [0.3, 0.4) is 0 Å². The van der Waals surface area contributed by atoms with Crippen LogP contribution in [-0.2, 0) is 14.9 Å². The third-order valence-corrected chi connectivity index (χ3v) is 7.23. The summed E-state index contributed by atoms with van der Waals surface area (Å²) in [6, 6.07) is 7.04. The molecule has 9 nitrogen and oxygen atoms in total.